The zero-order valence-electron chi connectivity index (χ0n) is 11.3. The largest absolute Gasteiger partial charge is 0.478 e. The predicted octanol–water partition coefficient (Wildman–Crippen LogP) is 2.37. The highest BCUT2D eigenvalue weighted by Gasteiger charge is 2.16. The molecule has 112 valence electrons. The normalized spacial score (nSPS) is 10.2. The van der Waals surface area contributed by atoms with Gasteiger partial charge < -0.3 is 15.3 Å². The second-order valence-electron chi connectivity index (χ2n) is 4.67. The molecule has 0 heterocycles. The van der Waals surface area contributed by atoms with Gasteiger partial charge in [0.05, 0.1) is 16.7 Å². The summed E-state index contributed by atoms with van der Waals surface area (Å²) in [7, 11) is 0. The van der Waals surface area contributed by atoms with Crippen molar-refractivity contribution < 1.29 is 29.7 Å². The highest BCUT2D eigenvalue weighted by atomic mass is 16.4. The Kier molecular flexibility index (Phi) is 4.22. The van der Waals surface area contributed by atoms with Crippen LogP contribution in [0.2, 0.25) is 0 Å². The van der Waals surface area contributed by atoms with Gasteiger partial charge in [0.2, 0.25) is 0 Å². The Labute approximate surface area is 125 Å². The summed E-state index contributed by atoms with van der Waals surface area (Å²) >= 11 is 0. The molecule has 22 heavy (non-hydrogen) atoms. The summed E-state index contributed by atoms with van der Waals surface area (Å²) in [6.45, 7) is 0. The van der Waals surface area contributed by atoms with Crippen molar-refractivity contribution in [3.63, 3.8) is 0 Å². The standard InChI is InChI=1S/C16H12O6/c17-14(18)11-4-1-9(2-5-11)7-10-3-6-12(15(19)20)13(8-10)16(21)22/h1-6,8H,7H2,(H,17,18)(H,19,20)(H,21,22). The summed E-state index contributed by atoms with van der Waals surface area (Å²) < 4.78 is 0. The zero-order chi connectivity index (χ0) is 16.3. The quantitative estimate of drug-likeness (QED) is 0.781. The molecule has 0 aliphatic carbocycles. The fourth-order valence-corrected chi connectivity index (χ4v) is 2.07. The van der Waals surface area contributed by atoms with Crippen LogP contribution in [-0.4, -0.2) is 33.2 Å². The molecule has 0 saturated heterocycles. The monoisotopic (exact) mass is 300 g/mol. The van der Waals surface area contributed by atoms with E-state index in [1.807, 2.05) is 0 Å². The van der Waals surface area contributed by atoms with E-state index in [2.05, 4.69) is 0 Å². The smallest absolute Gasteiger partial charge is 0.336 e. The highest BCUT2D eigenvalue weighted by molar-refractivity contribution is 6.01. The summed E-state index contributed by atoms with van der Waals surface area (Å²) in [5.41, 5.74) is 1.05. The number of benzene rings is 2. The number of carboxylic acid groups (broad SMARTS) is 3. The Bertz CT molecular complexity index is 746. The third kappa shape index (κ3) is 3.29. The van der Waals surface area contributed by atoms with Crippen LogP contribution in [0.25, 0.3) is 0 Å². The van der Waals surface area contributed by atoms with Crippen molar-refractivity contribution in [2.24, 2.45) is 0 Å². The van der Waals surface area contributed by atoms with Crippen LogP contribution in [0.1, 0.15) is 42.2 Å². The molecule has 0 aliphatic rings. The van der Waals surface area contributed by atoms with E-state index in [9.17, 15) is 14.4 Å². The molecule has 0 saturated carbocycles. The van der Waals surface area contributed by atoms with Crippen molar-refractivity contribution in [3.8, 4) is 0 Å². The molecule has 0 radical (unpaired) electrons. The third-order valence-corrected chi connectivity index (χ3v) is 3.15. The average Bonchev–Trinajstić information content (AvgIpc) is 2.47. The van der Waals surface area contributed by atoms with E-state index < -0.39 is 17.9 Å². The Hall–Kier alpha value is -3.15. The lowest BCUT2D eigenvalue weighted by molar-refractivity contribution is 0.0651. The first-order valence-electron chi connectivity index (χ1n) is 6.30. The molecule has 6 nitrogen and oxygen atoms in total. The van der Waals surface area contributed by atoms with E-state index >= 15 is 0 Å². The first kappa shape index (κ1) is 15.2. The maximum Gasteiger partial charge on any atom is 0.336 e. The number of hydrogen-bond donors (Lipinski definition) is 3. The number of carbonyl (C=O) groups is 3. The molecule has 0 unspecified atom stereocenters. The van der Waals surface area contributed by atoms with Crippen molar-refractivity contribution in [1.82, 2.24) is 0 Å². The topological polar surface area (TPSA) is 112 Å². The van der Waals surface area contributed by atoms with E-state index in [-0.39, 0.29) is 16.7 Å². The molecular weight excluding hydrogens is 288 g/mol. The molecule has 0 amide bonds. The minimum absolute atomic E-state index is 0.163. The van der Waals surface area contributed by atoms with Gasteiger partial charge in [0.1, 0.15) is 0 Å². The van der Waals surface area contributed by atoms with Crippen LogP contribution >= 0.6 is 0 Å². The predicted molar refractivity (Wildman–Crippen MR) is 76.6 cm³/mol. The lowest BCUT2D eigenvalue weighted by atomic mass is 9.98. The molecule has 0 bridgehead atoms. The summed E-state index contributed by atoms with van der Waals surface area (Å²) in [5, 5.41) is 26.9. The first-order chi connectivity index (χ1) is 10.4. The lowest BCUT2D eigenvalue weighted by Crippen LogP contribution is -2.08. The van der Waals surface area contributed by atoms with Gasteiger partial charge >= 0.3 is 17.9 Å². The van der Waals surface area contributed by atoms with Gasteiger partial charge in [0.15, 0.2) is 0 Å². The maximum absolute atomic E-state index is 11.1. The van der Waals surface area contributed by atoms with Crippen LogP contribution in [0.5, 0.6) is 0 Å². The summed E-state index contributed by atoms with van der Waals surface area (Å²) in [6, 6.07) is 10.3. The Morgan fingerprint density at radius 1 is 0.682 bits per heavy atom. The van der Waals surface area contributed by atoms with Crippen molar-refractivity contribution in [1.29, 1.82) is 0 Å². The van der Waals surface area contributed by atoms with Crippen molar-refractivity contribution in [3.05, 3.63) is 70.3 Å². The highest BCUT2D eigenvalue weighted by Crippen LogP contribution is 2.16. The van der Waals surface area contributed by atoms with Gasteiger partial charge in [0.25, 0.3) is 0 Å². The van der Waals surface area contributed by atoms with Crippen molar-refractivity contribution in [2.75, 3.05) is 0 Å². The molecule has 6 heteroatoms. The molecule has 2 aromatic rings. The maximum atomic E-state index is 11.1. The Morgan fingerprint density at radius 2 is 1.23 bits per heavy atom. The molecule has 2 rings (SSSR count). The Balaban J connectivity index is 2.30. The number of carboxylic acids is 3. The van der Waals surface area contributed by atoms with Gasteiger partial charge in [-0.1, -0.05) is 18.2 Å². The van der Waals surface area contributed by atoms with Gasteiger partial charge in [-0.15, -0.1) is 0 Å². The molecule has 2 aromatic carbocycles. The van der Waals surface area contributed by atoms with Crippen LogP contribution in [0, 0.1) is 0 Å². The molecule has 0 aliphatic heterocycles. The van der Waals surface area contributed by atoms with Crippen molar-refractivity contribution in [2.45, 2.75) is 6.42 Å². The van der Waals surface area contributed by atoms with E-state index in [4.69, 9.17) is 15.3 Å². The second-order valence-corrected chi connectivity index (χ2v) is 4.67. The van der Waals surface area contributed by atoms with Crippen LogP contribution in [-0.2, 0) is 6.42 Å². The van der Waals surface area contributed by atoms with E-state index in [1.54, 1.807) is 18.2 Å². The van der Waals surface area contributed by atoms with Crippen LogP contribution in [0.3, 0.4) is 0 Å². The average molecular weight is 300 g/mol. The fraction of sp³-hybridized carbons (Fsp3) is 0.0625. The minimum Gasteiger partial charge on any atom is -0.478 e. The molecule has 0 aromatic heterocycles. The molecule has 3 N–H and O–H groups in total. The van der Waals surface area contributed by atoms with Crippen LogP contribution in [0.4, 0.5) is 0 Å². The minimum atomic E-state index is -1.31. The third-order valence-electron chi connectivity index (χ3n) is 3.15. The van der Waals surface area contributed by atoms with Crippen LogP contribution in [0.15, 0.2) is 42.5 Å². The second kappa shape index (κ2) is 6.09. The summed E-state index contributed by atoms with van der Waals surface area (Å²) in [6.07, 6.45) is 0.375. The molecular formula is C16H12O6. The van der Waals surface area contributed by atoms with E-state index in [0.717, 1.165) is 5.56 Å². The van der Waals surface area contributed by atoms with Gasteiger partial charge in [-0.05, 0) is 41.8 Å². The Morgan fingerprint density at radius 3 is 1.73 bits per heavy atom. The van der Waals surface area contributed by atoms with Crippen LogP contribution < -0.4 is 0 Å². The van der Waals surface area contributed by atoms with E-state index in [1.165, 1.54) is 24.3 Å². The lowest BCUT2D eigenvalue weighted by Gasteiger charge is -2.06. The number of rotatable bonds is 5. The van der Waals surface area contributed by atoms with Gasteiger partial charge in [-0.25, -0.2) is 14.4 Å². The van der Waals surface area contributed by atoms with E-state index in [0.29, 0.717) is 12.0 Å². The molecule has 0 spiro atoms. The SMILES string of the molecule is O=C(O)c1ccc(Cc2ccc(C(=O)O)c(C(=O)O)c2)cc1. The molecule has 0 fully saturated rings. The van der Waals surface area contributed by atoms with Crippen molar-refractivity contribution >= 4 is 17.9 Å². The zero-order valence-corrected chi connectivity index (χ0v) is 11.3. The number of aromatic carboxylic acids is 3. The van der Waals surface area contributed by atoms with Gasteiger partial charge in [-0.2, -0.15) is 0 Å². The van der Waals surface area contributed by atoms with Gasteiger partial charge in [-0.3, -0.25) is 0 Å². The fourth-order valence-electron chi connectivity index (χ4n) is 2.07. The first-order valence-corrected chi connectivity index (χ1v) is 6.30. The summed E-state index contributed by atoms with van der Waals surface area (Å²) in [4.78, 5) is 32.9. The van der Waals surface area contributed by atoms with Gasteiger partial charge in [0, 0.05) is 0 Å². The molecule has 0 atom stereocenters. The summed E-state index contributed by atoms with van der Waals surface area (Å²) in [5.74, 6) is -3.62. The number of hydrogen-bond acceptors (Lipinski definition) is 3.